The van der Waals surface area contributed by atoms with Crippen molar-refractivity contribution in [1.29, 1.82) is 0 Å². The molecule has 1 fully saturated rings. The Morgan fingerprint density at radius 2 is 2.08 bits per heavy atom. The number of carbonyl (C=O) groups excluding carboxylic acids is 2. The summed E-state index contributed by atoms with van der Waals surface area (Å²) >= 11 is 0. The number of hydrogen-bond donors (Lipinski definition) is 2. The molecule has 3 aromatic rings. The number of amides is 2. The smallest absolute Gasteiger partial charge is 0.414 e. The molecule has 0 bridgehead atoms. The molecular weight excluding hydrogens is 318 g/mol. The normalized spacial score (nSPS) is 13.9. The van der Waals surface area contributed by atoms with Gasteiger partial charge < -0.3 is 15.0 Å². The van der Waals surface area contributed by atoms with Crippen LogP contribution in [-0.2, 0) is 16.0 Å². The standard InChI is InChI=1S/C19H17N3O3/c23-18(10-13-12-20-17-7-2-1-6-16(13)17)21-14-4-3-5-15(11-14)22-8-9-25-19(22)24/h1-7,11-12,20H,8-10H2,(H,21,23). The summed E-state index contributed by atoms with van der Waals surface area (Å²) in [5.74, 6) is -0.106. The molecule has 6 nitrogen and oxygen atoms in total. The highest BCUT2D eigenvalue weighted by atomic mass is 16.6. The van der Waals surface area contributed by atoms with Crippen molar-refractivity contribution in [2.45, 2.75) is 6.42 Å². The number of rotatable bonds is 4. The molecule has 0 atom stereocenters. The van der Waals surface area contributed by atoms with E-state index in [2.05, 4.69) is 10.3 Å². The highest BCUT2D eigenvalue weighted by Gasteiger charge is 2.23. The molecule has 1 saturated heterocycles. The summed E-state index contributed by atoms with van der Waals surface area (Å²) < 4.78 is 4.95. The van der Waals surface area contributed by atoms with E-state index in [-0.39, 0.29) is 18.4 Å². The number of para-hydroxylation sites is 1. The number of cyclic esters (lactones) is 1. The fourth-order valence-electron chi connectivity index (χ4n) is 3.04. The van der Waals surface area contributed by atoms with Crippen molar-refractivity contribution in [2.24, 2.45) is 0 Å². The van der Waals surface area contributed by atoms with Gasteiger partial charge in [-0.15, -0.1) is 0 Å². The summed E-state index contributed by atoms with van der Waals surface area (Å²) in [7, 11) is 0. The van der Waals surface area contributed by atoms with Gasteiger partial charge in [0.2, 0.25) is 5.91 Å². The van der Waals surface area contributed by atoms with Gasteiger partial charge in [-0.3, -0.25) is 9.69 Å². The van der Waals surface area contributed by atoms with Crippen molar-refractivity contribution in [1.82, 2.24) is 4.98 Å². The molecule has 1 aromatic heterocycles. The van der Waals surface area contributed by atoms with Crippen LogP contribution in [0.1, 0.15) is 5.56 Å². The SMILES string of the molecule is O=C(Cc1c[nH]c2ccccc12)Nc1cccc(N2CCOC2=O)c1. The summed E-state index contributed by atoms with van der Waals surface area (Å²) in [4.78, 5) is 28.8. The average Bonchev–Trinajstić information content (AvgIpc) is 3.22. The van der Waals surface area contributed by atoms with Crippen LogP contribution in [0.3, 0.4) is 0 Å². The zero-order chi connectivity index (χ0) is 17.2. The number of nitrogens with zero attached hydrogens (tertiary/aromatic N) is 1. The maximum atomic E-state index is 12.4. The molecule has 1 aliphatic rings. The van der Waals surface area contributed by atoms with Crippen LogP contribution in [0, 0.1) is 0 Å². The molecule has 25 heavy (non-hydrogen) atoms. The van der Waals surface area contributed by atoms with Crippen molar-refractivity contribution >= 4 is 34.3 Å². The lowest BCUT2D eigenvalue weighted by atomic mass is 10.1. The minimum absolute atomic E-state index is 0.106. The van der Waals surface area contributed by atoms with E-state index >= 15 is 0 Å². The Hall–Kier alpha value is -3.28. The van der Waals surface area contributed by atoms with Crippen LogP contribution in [-0.4, -0.2) is 30.1 Å². The molecule has 2 N–H and O–H groups in total. The first-order chi connectivity index (χ1) is 12.2. The third kappa shape index (κ3) is 3.06. The molecule has 4 rings (SSSR count). The molecule has 0 aliphatic carbocycles. The van der Waals surface area contributed by atoms with E-state index in [0.717, 1.165) is 16.5 Å². The van der Waals surface area contributed by atoms with Crippen LogP contribution >= 0.6 is 0 Å². The first-order valence-electron chi connectivity index (χ1n) is 8.10. The Morgan fingerprint density at radius 1 is 1.20 bits per heavy atom. The summed E-state index contributed by atoms with van der Waals surface area (Å²) in [5, 5.41) is 3.94. The van der Waals surface area contributed by atoms with Gasteiger partial charge in [0, 0.05) is 28.5 Å². The zero-order valence-corrected chi connectivity index (χ0v) is 13.5. The lowest BCUT2D eigenvalue weighted by Gasteiger charge is -2.14. The highest BCUT2D eigenvalue weighted by Crippen LogP contribution is 2.23. The Bertz CT molecular complexity index is 948. The number of aromatic amines is 1. The van der Waals surface area contributed by atoms with Gasteiger partial charge in [-0.1, -0.05) is 24.3 Å². The third-order valence-electron chi connectivity index (χ3n) is 4.23. The van der Waals surface area contributed by atoms with Crippen LogP contribution in [0.4, 0.5) is 16.2 Å². The first kappa shape index (κ1) is 15.3. The van der Waals surface area contributed by atoms with E-state index in [1.165, 1.54) is 0 Å². The number of nitrogens with one attached hydrogen (secondary N) is 2. The van der Waals surface area contributed by atoms with Crippen LogP contribution in [0.25, 0.3) is 10.9 Å². The monoisotopic (exact) mass is 335 g/mol. The van der Waals surface area contributed by atoms with Crippen LogP contribution in [0.2, 0.25) is 0 Å². The number of ether oxygens (including phenoxy) is 1. The predicted octanol–water partition coefficient (Wildman–Crippen LogP) is 3.31. The molecule has 0 unspecified atom stereocenters. The number of anilines is 2. The predicted molar refractivity (Wildman–Crippen MR) is 95.8 cm³/mol. The van der Waals surface area contributed by atoms with Crippen molar-refractivity contribution < 1.29 is 14.3 Å². The van der Waals surface area contributed by atoms with Crippen molar-refractivity contribution in [3.05, 3.63) is 60.3 Å². The van der Waals surface area contributed by atoms with Gasteiger partial charge in [0.25, 0.3) is 0 Å². The van der Waals surface area contributed by atoms with Crippen LogP contribution in [0.5, 0.6) is 0 Å². The minimum Gasteiger partial charge on any atom is -0.447 e. The molecule has 1 aliphatic heterocycles. The van der Waals surface area contributed by atoms with Gasteiger partial charge in [-0.05, 0) is 29.8 Å². The average molecular weight is 335 g/mol. The van der Waals surface area contributed by atoms with E-state index in [1.54, 1.807) is 17.0 Å². The Balaban J connectivity index is 1.48. The van der Waals surface area contributed by atoms with Gasteiger partial charge in [0.05, 0.1) is 13.0 Å². The molecular formula is C19H17N3O3. The number of carbonyl (C=O) groups is 2. The Kier molecular flexibility index (Phi) is 3.85. The quantitative estimate of drug-likeness (QED) is 0.768. The lowest BCUT2D eigenvalue weighted by Crippen LogP contribution is -2.23. The van der Waals surface area contributed by atoms with E-state index in [0.29, 0.717) is 24.5 Å². The molecule has 2 aromatic carbocycles. The molecule has 0 saturated carbocycles. The maximum absolute atomic E-state index is 12.4. The number of benzene rings is 2. The number of fused-ring (bicyclic) bond motifs is 1. The molecule has 2 amide bonds. The van der Waals surface area contributed by atoms with E-state index in [4.69, 9.17) is 4.74 Å². The van der Waals surface area contributed by atoms with E-state index < -0.39 is 0 Å². The van der Waals surface area contributed by atoms with Gasteiger partial charge in [0.15, 0.2) is 0 Å². The molecule has 126 valence electrons. The van der Waals surface area contributed by atoms with Crippen LogP contribution in [0.15, 0.2) is 54.7 Å². The van der Waals surface area contributed by atoms with E-state index in [1.807, 2.05) is 42.6 Å². The Labute approximate surface area is 144 Å². The molecule has 0 spiro atoms. The summed E-state index contributed by atoms with van der Waals surface area (Å²) in [6, 6.07) is 15.1. The second-order valence-electron chi connectivity index (χ2n) is 5.90. The van der Waals surface area contributed by atoms with Crippen molar-refractivity contribution in [2.75, 3.05) is 23.4 Å². The number of aromatic nitrogens is 1. The second kappa shape index (κ2) is 6.32. The number of hydrogen-bond acceptors (Lipinski definition) is 3. The summed E-state index contributed by atoms with van der Waals surface area (Å²) in [6.45, 7) is 0.904. The fraction of sp³-hybridized carbons (Fsp3) is 0.158. The minimum atomic E-state index is -0.359. The van der Waals surface area contributed by atoms with Crippen LogP contribution < -0.4 is 10.2 Å². The van der Waals surface area contributed by atoms with Gasteiger partial charge in [-0.2, -0.15) is 0 Å². The lowest BCUT2D eigenvalue weighted by molar-refractivity contribution is -0.115. The maximum Gasteiger partial charge on any atom is 0.414 e. The number of H-pyrrole nitrogens is 1. The summed E-state index contributed by atoms with van der Waals surface area (Å²) in [6.07, 6.45) is 1.78. The molecule has 2 heterocycles. The van der Waals surface area contributed by atoms with E-state index in [9.17, 15) is 9.59 Å². The molecule has 0 radical (unpaired) electrons. The third-order valence-corrected chi connectivity index (χ3v) is 4.23. The highest BCUT2D eigenvalue weighted by molar-refractivity contribution is 5.97. The largest absolute Gasteiger partial charge is 0.447 e. The van der Waals surface area contributed by atoms with Crippen molar-refractivity contribution in [3.63, 3.8) is 0 Å². The molecule has 6 heteroatoms. The second-order valence-corrected chi connectivity index (χ2v) is 5.90. The van der Waals surface area contributed by atoms with Gasteiger partial charge >= 0.3 is 6.09 Å². The topological polar surface area (TPSA) is 74.4 Å². The van der Waals surface area contributed by atoms with Gasteiger partial charge in [-0.25, -0.2) is 4.79 Å². The summed E-state index contributed by atoms with van der Waals surface area (Å²) in [5.41, 5.74) is 3.33. The fourth-order valence-corrected chi connectivity index (χ4v) is 3.04. The van der Waals surface area contributed by atoms with Crippen molar-refractivity contribution in [3.8, 4) is 0 Å². The zero-order valence-electron chi connectivity index (χ0n) is 13.5. The van der Waals surface area contributed by atoms with Gasteiger partial charge in [0.1, 0.15) is 6.61 Å². The Morgan fingerprint density at radius 3 is 2.92 bits per heavy atom. The first-order valence-corrected chi connectivity index (χ1v) is 8.10.